The number of urea groups is 1. The molecule has 0 bridgehead atoms. The standard InChI is InChI=1S/C13H24N2O3/c1-3-5-11(4-2)14-13(18)15-8-6-10(7-9-15)12(16)17/h10-11H,3-9H2,1-2H3,(H,14,18)(H,16,17). The number of carbonyl (C=O) groups excluding carboxylic acids is 1. The Hall–Kier alpha value is -1.26. The first kappa shape index (κ1) is 14.8. The second-order valence-corrected chi connectivity index (χ2v) is 4.94. The quantitative estimate of drug-likeness (QED) is 0.791. The zero-order valence-corrected chi connectivity index (χ0v) is 11.3. The summed E-state index contributed by atoms with van der Waals surface area (Å²) in [5.41, 5.74) is 0. The first-order valence-electron chi connectivity index (χ1n) is 6.86. The average molecular weight is 256 g/mol. The normalized spacial score (nSPS) is 18.4. The fraction of sp³-hybridized carbons (Fsp3) is 0.846. The Morgan fingerprint density at radius 2 is 1.94 bits per heavy atom. The molecule has 1 aliphatic rings. The molecule has 0 aromatic heterocycles. The minimum absolute atomic E-state index is 0.0425. The molecule has 1 fully saturated rings. The van der Waals surface area contributed by atoms with E-state index in [1.165, 1.54) is 0 Å². The number of nitrogens with zero attached hydrogens (tertiary/aromatic N) is 1. The van der Waals surface area contributed by atoms with Crippen molar-refractivity contribution in [2.45, 2.75) is 52.0 Å². The Bertz CT molecular complexity index is 286. The molecule has 0 spiro atoms. The van der Waals surface area contributed by atoms with Crippen LogP contribution in [-0.2, 0) is 4.79 Å². The van der Waals surface area contributed by atoms with Crippen molar-refractivity contribution in [3.8, 4) is 0 Å². The van der Waals surface area contributed by atoms with E-state index in [4.69, 9.17) is 5.11 Å². The summed E-state index contributed by atoms with van der Waals surface area (Å²) in [4.78, 5) is 24.5. The Morgan fingerprint density at radius 3 is 2.39 bits per heavy atom. The van der Waals surface area contributed by atoms with Crippen LogP contribution in [0.2, 0.25) is 0 Å². The Morgan fingerprint density at radius 1 is 1.33 bits per heavy atom. The number of carboxylic acid groups (broad SMARTS) is 1. The van der Waals surface area contributed by atoms with Gasteiger partial charge in [-0.05, 0) is 25.7 Å². The van der Waals surface area contributed by atoms with Crippen molar-refractivity contribution in [3.63, 3.8) is 0 Å². The van der Waals surface area contributed by atoms with E-state index in [-0.39, 0.29) is 18.0 Å². The van der Waals surface area contributed by atoms with Crippen LogP contribution in [0, 0.1) is 5.92 Å². The molecule has 0 aromatic carbocycles. The van der Waals surface area contributed by atoms with Crippen molar-refractivity contribution < 1.29 is 14.7 Å². The highest BCUT2D eigenvalue weighted by atomic mass is 16.4. The van der Waals surface area contributed by atoms with Crippen molar-refractivity contribution >= 4 is 12.0 Å². The zero-order valence-electron chi connectivity index (χ0n) is 11.3. The third-order valence-corrected chi connectivity index (χ3v) is 3.59. The molecular formula is C13H24N2O3. The highest BCUT2D eigenvalue weighted by Gasteiger charge is 2.27. The molecule has 1 atom stereocenters. The average Bonchev–Trinajstić information content (AvgIpc) is 2.38. The van der Waals surface area contributed by atoms with E-state index >= 15 is 0 Å². The van der Waals surface area contributed by atoms with E-state index in [0.29, 0.717) is 25.9 Å². The van der Waals surface area contributed by atoms with Gasteiger partial charge in [-0.2, -0.15) is 0 Å². The maximum Gasteiger partial charge on any atom is 0.317 e. The number of likely N-dealkylation sites (tertiary alicyclic amines) is 1. The molecule has 5 nitrogen and oxygen atoms in total. The Balaban J connectivity index is 2.37. The third-order valence-electron chi connectivity index (χ3n) is 3.59. The van der Waals surface area contributed by atoms with Crippen LogP contribution in [0.25, 0.3) is 0 Å². The van der Waals surface area contributed by atoms with Gasteiger partial charge in [0.2, 0.25) is 0 Å². The van der Waals surface area contributed by atoms with Gasteiger partial charge in [0.25, 0.3) is 0 Å². The van der Waals surface area contributed by atoms with Crippen LogP contribution in [0.1, 0.15) is 46.0 Å². The molecule has 1 rings (SSSR count). The fourth-order valence-electron chi connectivity index (χ4n) is 2.32. The zero-order chi connectivity index (χ0) is 13.5. The van der Waals surface area contributed by atoms with E-state index in [9.17, 15) is 9.59 Å². The summed E-state index contributed by atoms with van der Waals surface area (Å²) < 4.78 is 0. The van der Waals surface area contributed by atoms with E-state index in [2.05, 4.69) is 19.2 Å². The maximum atomic E-state index is 12.0. The molecule has 104 valence electrons. The highest BCUT2D eigenvalue weighted by Crippen LogP contribution is 2.17. The summed E-state index contributed by atoms with van der Waals surface area (Å²) in [6.07, 6.45) is 4.11. The van der Waals surface area contributed by atoms with Gasteiger partial charge >= 0.3 is 12.0 Å². The first-order chi connectivity index (χ1) is 8.58. The number of hydrogen-bond acceptors (Lipinski definition) is 2. The summed E-state index contributed by atoms with van der Waals surface area (Å²) in [5, 5.41) is 11.9. The lowest BCUT2D eigenvalue weighted by Crippen LogP contribution is -2.48. The van der Waals surface area contributed by atoms with Gasteiger partial charge < -0.3 is 15.3 Å². The van der Waals surface area contributed by atoms with Gasteiger partial charge in [0.15, 0.2) is 0 Å². The predicted octanol–water partition coefficient (Wildman–Crippen LogP) is 2.07. The van der Waals surface area contributed by atoms with Gasteiger partial charge in [-0.1, -0.05) is 20.3 Å². The molecule has 1 heterocycles. The van der Waals surface area contributed by atoms with Gasteiger partial charge in [0.05, 0.1) is 5.92 Å². The van der Waals surface area contributed by atoms with Gasteiger partial charge in [-0.15, -0.1) is 0 Å². The summed E-state index contributed by atoms with van der Waals surface area (Å²) >= 11 is 0. The van der Waals surface area contributed by atoms with Crippen LogP contribution in [-0.4, -0.2) is 41.1 Å². The largest absolute Gasteiger partial charge is 0.481 e. The molecule has 2 amide bonds. The molecule has 1 unspecified atom stereocenters. The molecule has 0 aliphatic carbocycles. The maximum absolute atomic E-state index is 12.0. The topological polar surface area (TPSA) is 69.6 Å². The van der Waals surface area contributed by atoms with Crippen LogP contribution in [0.3, 0.4) is 0 Å². The highest BCUT2D eigenvalue weighted by molar-refractivity contribution is 5.75. The molecule has 1 saturated heterocycles. The van der Waals surface area contributed by atoms with Gasteiger partial charge in [-0.3, -0.25) is 4.79 Å². The summed E-state index contributed by atoms with van der Waals surface area (Å²) in [6, 6.07) is 0.193. The number of amides is 2. The van der Waals surface area contributed by atoms with Gasteiger partial charge in [-0.25, -0.2) is 4.79 Å². The first-order valence-corrected chi connectivity index (χ1v) is 6.86. The van der Waals surface area contributed by atoms with Gasteiger partial charge in [0.1, 0.15) is 0 Å². The Labute approximate surface area is 109 Å². The van der Waals surface area contributed by atoms with Gasteiger partial charge in [0, 0.05) is 19.1 Å². The van der Waals surface area contributed by atoms with Crippen molar-refractivity contribution in [3.05, 3.63) is 0 Å². The summed E-state index contributed by atoms with van der Waals surface area (Å²) in [5.74, 6) is -1.03. The lowest BCUT2D eigenvalue weighted by atomic mass is 9.97. The number of piperidine rings is 1. The lowest BCUT2D eigenvalue weighted by molar-refractivity contribution is -0.143. The predicted molar refractivity (Wildman–Crippen MR) is 69.5 cm³/mol. The van der Waals surface area contributed by atoms with Crippen LogP contribution >= 0.6 is 0 Å². The molecular weight excluding hydrogens is 232 g/mol. The number of carboxylic acids is 1. The van der Waals surface area contributed by atoms with E-state index in [0.717, 1.165) is 19.3 Å². The van der Waals surface area contributed by atoms with Crippen molar-refractivity contribution in [1.29, 1.82) is 0 Å². The Kier molecular flexibility index (Phi) is 5.95. The van der Waals surface area contributed by atoms with Crippen molar-refractivity contribution in [2.24, 2.45) is 5.92 Å². The van der Waals surface area contributed by atoms with Crippen molar-refractivity contribution in [1.82, 2.24) is 10.2 Å². The molecule has 1 aliphatic heterocycles. The fourth-order valence-corrected chi connectivity index (χ4v) is 2.32. The smallest absolute Gasteiger partial charge is 0.317 e. The second kappa shape index (κ2) is 7.24. The second-order valence-electron chi connectivity index (χ2n) is 4.94. The lowest BCUT2D eigenvalue weighted by Gasteiger charge is -2.31. The minimum Gasteiger partial charge on any atom is -0.481 e. The number of rotatable bonds is 5. The van der Waals surface area contributed by atoms with E-state index in [1.807, 2.05) is 0 Å². The molecule has 0 saturated carbocycles. The monoisotopic (exact) mass is 256 g/mol. The van der Waals surface area contributed by atoms with E-state index < -0.39 is 5.97 Å². The number of aliphatic carboxylic acids is 1. The minimum atomic E-state index is -0.743. The van der Waals surface area contributed by atoms with Crippen molar-refractivity contribution in [2.75, 3.05) is 13.1 Å². The number of nitrogens with one attached hydrogen (secondary N) is 1. The molecule has 0 aromatic rings. The van der Waals surface area contributed by atoms with Crippen LogP contribution in [0.4, 0.5) is 4.79 Å². The van der Waals surface area contributed by atoms with Crippen LogP contribution in [0.5, 0.6) is 0 Å². The van der Waals surface area contributed by atoms with E-state index in [1.54, 1.807) is 4.90 Å². The molecule has 2 N–H and O–H groups in total. The molecule has 0 radical (unpaired) electrons. The number of hydrogen-bond donors (Lipinski definition) is 2. The summed E-state index contributed by atoms with van der Waals surface area (Å²) in [6.45, 7) is 5.27. The SMILES string of the molecule is CCCC(CC)NC(=O)N1CCC(C(=O)O)CC1. The van der Waals surface area contributed by atoms with Crippen LogP contribution < -0.4 is 5.32 Å². The molecule has 5 heteroatoms. The van der Waals surface area contributed by atoms with Crippen LogP contribution in [0.15, 0.2) is 0 Å². The third kappa shape index (κ3) is 4.20. The molecule has 18 heavy (non-hydrogen) atoms. The summed E-state index contributed by atoms with van der Waals surface area (Å²) in [7, 11) is 0. The number of carbonyl (C=O) groups is 2.